The topological polar surface area (TPSA) is 18.5 Å². The minimum atomic E-state index is -1.32. The summed E-state index contributed by atoms with van der Waals surface area (Å²) in [5.74, 6) is 0. The van der Waals surface area contributed by atoms with Gasteiger partial charge >= 0.3 is 9.28 Å². The molecule has 2 nitrogen and oxygen atoms in total. The molecule has 0 N–H and O–H groups in total. The van der Waals surface area contributed by atoms with Gasteiger partial charge in [0, 0.05) is 13.2 Å². The zero-order chi connectivity index (χ0) is 12.0. The van der Waals surface area contributed by atoms with Gasteiger partial charge in [-0.1, -0.05) is 36.4 Å². The van der Waals surface area contributed by atoms with Crippen LogP contribution in [0.4, 0.5) is 0 Å². The molecule has 3 heteroatoms. The average molecular weight is 235 g/mol. The fourth-order valence-corrected chi connectivity index (χ4v) is 2.83. The maximum absolute atomic E-state index is 5.65. The third kappa shape index (κ3) is 3.59. The summed E-state index contributed by atoms with van der Waals surface area (Å²) >= 11 is 0. The Bertz CT molecular complexity index is 344. The summed E-state index contributed by atoms with van der Waals surface area (Å²) in [5, 5.41) is 1.15. The molecule has 1 rings (SSSR count). The zero-order valence-corrected chi connectivity index (χ0v) is 11.2. The minimum absolute atomic E-state index is 0.686. The second-order valence-electron chi connectivity index (χ2n) is 3.51. The van der Waals surface area contributed by atoms with E-state index >= 15 is 0 Å². The van der Waals surface area contributed by atoms with E-state index in [2.05, 4.69) is 24.8 Å². The Morgan fingerprint density at radius 1 is 1.25 bits per heavy atom. The van der Waals surface area contributed by atoms with Crippen LogP contribution in [0.3, 0.4) is 0 Å². The monoisotopic (exact) mass is 235 g/mol. The van der Waals surface area contributed by atoms with E-state index in [1.54, 1.807) is 0 Å². The highest BCUT2D eigenvalue weighted by molar-refractivity contribution is 6.61. The summed E-state index contributed by atoms with van der Waals surface area (Å²) in [6.07, 6.45) is 0. The lowest BCUT2D eigenvalue weighted by Crippen LogP contribution is -2.37. The predicted octanol–water partition coefficient (Wildman–Crippen LogP) is 2.49. The number of benzene rings is 1. The van der Waals surface area contributed by atoms with E-state index in [9.17, 15) is 0 Å². The normalized spacial score (nSPS) is 10.8. The minimum Gasteiger partial charge on any atom is -0.390 e. The first-order valence-corrected chi connectivity index (χ1v) is 6.89. The van der Waals surface area contributed by atoms with E-state index in [4.69, 9.17) is 8.85 Å². The molecule has 0 saturated heterocycles. The Kier molecular flexibility index (Phi) is 5.45. The molecule has 87 valence electrons. The maximum Gasteiger partial charge on any atom is 0.423 e. The molecule has 0 heterocycles. The molecule has 0 aliphatic carbocycles. The van der Waals surface area contributed by atoms with E-state index in [1.807, 2.05) is 26.8 Å². The lowest BCUT2D eigenvalue weighted by molar-refractivity contribution is 0.225. The number of allylic oxidation sites excluding steroid dienone is 1. The highest BCUT2D eigenvalue weighted by atomic mass is 28.3. The van der Waals surface area contributed by atoms with Gasteiger partial charge in [0.05, 0.1) is 0 Å². The van der Waals surface area contributed by atoms with Crippen molar-refractivity contribution in [2.24, 2.45) is 0 Å². The van der Waals surface area contributed by atoms with Gasteiger partial charge in [0.15, 0.2) is 0 Å². The Morgan fingerprint density at radius 2 is 1.88 bits per heavy atom. The summed E-state index contributed by atoms with van der Waals surface area (Å²) in [7, 11) is -1.32. The van der Waals surface area contributed by atoms with Crippen LogP contribution >= 0.6 is 0 Å². The van der Waals surface area contributed by atoms with Crippen molar-refractivity contribution in [3.63, 3.8) is 0 Å². The van der Waals surface area contributed by atoms with Gasteiger partial charge < -0.3 is 8.85 Å². The largest absolute Gasteiger partial charge is 0.423 e. The molecular weight excluding hydrogens is 216 g/mol. The van der Waals surface area contributed by atoms with Crippen LogP contribution in [0.15, 0.2) is 30.8 Å². The Balaban J connectivity index is 2.90. The van der Waals surface area contributed by atoms with Crippen LogP contribution in [0.5, 0.6) is 0 Å². The van der Waals surface area contributed by atoms with Crippen molar-refractivity contribution in [2.45, 2.75) is 20.8 Å². The summed E-state index contributed by atoms with van der Waals surface area (Å²) in [6.45, 7) is 11.3. The Hall–Kier alpha value is -0.903. The molecule has 0 bridgehead atoms. The van der Waals surface area contributed by atoms with E-state index in [0.717, 1.165) is 16.3 Å². The molecule has 0 spiro atoms. The van der Waals surface area contributed by atoms with E-state index in [0.29, 0.717) is 13.2 Å². The highest BCUT2D eigenvalue weighted by Gasteiger charge is 2.18. The van der Waals surface area contributed by atoms with Crippen molar-refractivity contribution in [1.82, 2.24) is 0 Å². The average Bonchev–Trinajstić information content (AvgIpc) is 2.29. The van der Waals surface area contributed by atoms with Crippen molar-refractivity contribution in [3.05, 3.63) is 36.4 Å². The van der Waals surface area contributed by atoms with Gasteiger partial charge in [0.2, 0.25) is 0 Å². The van der Waals surface area contributed by atoms with Crippen molar-refractivity contribution < 1.29 is 8.85 Å². The second kappa shape index (κ2) is 6.63. The molecule has 16 heavy (non-hydrogen) atoms. The van der Waals surface area contributed by atoms with Crippen LogP contribution in [-0.2, 0) is 8.85 Å². The number of hydrogen-bond donors (Lipinski definition) is 0. The highest BCUT2D eigenvalue weighted by Crippen LogP contribution is 2.09. The second-order valence-corrected chi connectivity index (χ2v) is 5.24. The van der Waals surface area contributed by atoms with Crippen LogP contribution < -0.4 is 5.19 Å². The lowest BCUT2D eigenvalue weighted by Gasteiger charge is -2.14. The third-order valence-electron chi connectivity index (χ3n) is 2.14. The van der Waals surface area contributed by atoms with Crippen molar-refractivity contribution in [2.75, 3.05) is 13.2 Å². The summed E-state index contributed by atoms with van der Waals surface area (Å²) in [4.78, 5) is 0. The predicted molar refractivity (Wildman–Crippen MR) is 69.8 cm³/mol. The molecular formula is C13H19O2Si. The van der Waals surface area contributed by atoms with E-state index in [1.165, 1.54) is 0 Å². The van der Waals surface area contributed by atoms with Crippen LogP contribution in [0, 0.1) is 0 Å². The van der Waals surface area contributed by atoms with Crippen LogP contribution in [-0.4, -0.2) is 22.5 Å². The molecule has 0 atom stereocenters. The summed E-state index contributed by atoms with van der Waals surface area (Å²) < 4.78 is 11.3. The van der Waals surface area contributed by atoms with Crippen LogP contribution in [0.2, 0.25) is 0 Å². The van der Waals surface area contributed by atoms with Crippen molar-refractivity contribution in [1.29, 1.82) is 0 Å². The van der Waals surface area contributed by atoms with Crippen molar-refractivity contribution >= 4 is 20.0 Å². The first-order chi connectivity index (χ1) is 7.69. The quantitative estimate of drug-likeness (QED) is 0.705. The van der Waals surface area contributed by atoms with Gasteiger partial charge in [-0.05, 0) is 31.5 Å². The smallest absolute Gasteiger partial charge is 0.390 e. The SMILES string of the molecule is C=C(C)c1cccc([Si](OCC)OCC)c1. The number of hydrogen-bond acceptors (Lipinski definition) is 2. The fourth-order valence-electron chi connectivity index (χ4n) is 1.38. The molecule has 0 amide bonds. The standard InChI is InChI=1S/C13H19O2Si/c1-5-14-16(15-6-2)13-9-7-8-12(10-13)11(3)4/h7-10H,3,5-6H2,1-2,4H3. The molecule has 0 aliphatic heterocycles. The van der Waals surface area contributed by atoms with E-state index < -0.39 is 9.28 Å². The zero-order valence-electron chi connectivity index (χ0n) is 10.2. The lowest BCUT2D eigenvalue weighted by atomic mass is 10.1. The van der Waals surface area contributed by atoms with Gasteiger partial charge in [-0.15, -0.1) is 0 Å². The van der Waals surface area contributed by atoms with Gasteiger partial charge in [0.1, 0.15) is 0 Å². The Labute approximate surface area is 99.7 Å². The molecule has 1 aromatic carbocycles. The first kappa shape index (κ1) is 13.2. The van der Waals surface area contributed by atoms with Gasteiger partial charge in [0.25, 0.3) is 0 Å². The number of rotatable bonds is 6. The maximum atomic E-state index is 5.65. The molecule has 0 aliphatic rings. The molecule has 0 unspecified atom stereocenters. The van der Waals surface area contributed by atoms with Gasteiger partial charge in [-0.3, -0.25) is 0 Å². The fraction of sp³-hybridized carbons (Fsp3) is 0.385. The summed E-state index contributed by atoms with van der Waals surface area (Å²) in [6, 6.07) is 8.26. The van der Waals surface area contributed by atoms with Crippen LogP contribution in [0.1, 0.15) is 26.3 Å². The molecule has 1 radical (unpaired) electrons. The third-order valence-corrected chi connectivity index (χ3v) is 4.03. The molecule has 1 aromatic rings. The van der Waals surface area contributed by atoms with Crippen molar-refractivity contribution in [3.8, 4) is 0 Å². The summed E-state index contributed by atoms with van der Waals surface area (Å²) in [5.41, 5.74) is 2.22. The van der Waals surface area contributed by atoms with E-state index in [-0.39, 0.29) is 0 Å². The Morgan fingerprint density at radius 3 is 2.38 bits per heavy atom. The van der Waals surface area contributed by atoms with Crippen LogP contribution in [0.25, 0.3) is 5.57 Å². The molecule has 0 fully saturated rings. The molecule has 0 aromatic heterocycles. The first-order valence-electron chi connectivity index (χ1n) is 5.57. The van der Waals surface area contributed by atoms with Gasteiger partial charge in [-0.25, -0.2) is 0 Å². The molecule has 0 saturated carbocycles. The van der Waals surface area contributed by atoms with Gasteiger partial charge in [-0.2, -0.15) is 0 Å².